The van der Waals surface area contributed by atoms with E-state index < -0.39 is 0 Å². The van der Waals surface area contributed by atoms with Crippen LogP contribution in [0.5, 0.6) is 0 Å². The molecule has 0 spiro atoms. The van der Waals surface area contributed by atoms with E-state index in [0.717, 1.165) is 6.42 Å². The summed E-state index contributed by atoms with van der Waals surface area (Å²) in [5.41, 5.74) is 0. The van der Waals surface area contributed by atoms with Gasteiger partial charge in [-0.3, -0.25) is 0 Å². The maximum absolute atomic E-state index is 3.49. The maximum atomic E-state index is 3.49. The molecule has 0 aromatic rings. The fourth-order valence-electron chi connectivity index (χ4n) is 0. The molecule has 0 saturated heterocycles. The largest absolute Gasteiger partial charge is 0.0654 e. The molecule has 0 atom stereocenters. The average Bonchev–Trinajstić information content (AvgIpc) is 1.33. The van der Waals surface area contributed by atoms with Crippen LogP contribution in [0.4, 0.5) is 0 Å². The van der Waals surface area contributed by atoms with Crippen LogP contribution >= 0.6 is 0 Å². The average molecular weight is 100 g/mol. The van der Waals surface area contributed by atoms with Gasteiger partial charge in [0.1, 0.15) is 0 Å². The lowest BCUT2D eigenvalue weighted by molar-refractivity contribution is 1.10. The van der Waals surface area contributed by atoms with Crippen molar-refractivity contribution in [2.45, 2.75) is 34.1 Å². The molecule has 0 aliphatic carbocycles. The predicted octanol–water partition coefficient (Wildman–Crippen LogP) is 2.85. The Hall–Kier alpha value is 0. The van der Waals surface area contributed by atoms with E-state index in [4.69, 9.17) is 0 Å². The number of hydrogen-bond acceptors (Lipinski definition) is 0. The van der Waals surface area contributed by atoms with Crippen LogP contribution in [0.25, 0.3) is 0 Å². The minimum absolute atomic E-state index is 1.00. The summed E-state index contributed by atoms with van der Waals surface area (Å²) < 4.78 is 0. The molecular formula is C7H16. The van der Waals surface area contributed by atoms with E-state index >= 15 is 0 Å². The Morgan fingerprint density at radius 2 is 1.29 bits per heavy atom. The van der Waals surface area contributed by atoms with Gasteiger partial charge in [-0.05, 0) is 5.92 Å². The Labute approximate surface area is 47.9 Å². The topological polar surface area (TPSA) is 0 Å². The fourth-order valence-corrected chi connectivity index (χ4v) is 0. The first-order chi connectivity index (χ1) is 3.15. The molecule has 0 aromatic carbocycles. The minimum Gasteiger partial charge on any atom is -0.0654 e. The van der Waals surface area contributed by atoms with Crippen LogP contribution in [0, 0.1) is 12.8 Å². The third-order valence-electron chi connectivity index (χ3n) is 0. The van der Waals surface area contributed by atoms with E-state index in [9.17, 15) is 0 Å². The maximum Gasteiger partial charge on any atom is -0.0334 e. The summed E-state index contributed by atoms with van der Waals surface area (Å²) in [6.07, 6.45) is 1.00. The molecule has 0 fully saturated rings. The monoisotopic (exact) mass is 100 g/mol. The van der Waals surface area contributed by atoms with E-state index in [0.29, 0.717) is 0 Å². The van der Waals surface area contributed by atoms with Gasteiger partial charge < -0.3 is 0 Å². The lowest BCUT2D eigenvalue weighted by Crippen LogP contribution is -1.62. The van der Waals surface area contributed by atoms with Gasteiger partial charge in [0.15, 0.2) is 0 Å². The van der Waals surface area contributed by atoms with E-state index in [1.165, 1.54) is 5.92 Å². The SMILES string of the molecule is C[C](C)C.[CH2]CC. The summed E-state index contributed by atoms with van der Waals surface area (Å²) in [5, 5.41) is 0. The molecule has 7 heavy (non-hydrogen) atoms. The molecule has 0 aliphatic rings. The highest BCUT2D eigenvalue weighted by Gasteiger charge is 1.69. The van der Waals surface area contributed by atoms with Crippen molar-refractivity contribution >= 4 is 0 Å². The molecule has 0 nitrogen and oxygen atoms in total. The minimum atomic E-state index is 1.00. The first-order valence-corrected chi connectivity index (χ1v) is 2.71. The predicted molar refractivity (Wildman–Crippen MR) is 35.9 cm³/mol. The molecule has 0 aliphatic heterocycles. The molecule has 0 rings (SSSR count). The Morgan fingerprint density at radius 1 is 1.29 bits per heavy atom. The van der Waals surface area contributed by atoms with Crippen LogP contribution in [0.15, 0.2) is 0 Å². The van der Waals surface area contributed by atoms with E-state index in [1.54, 1.807) is 0 Å². The molecule has 2 radical (unpaired) electrons. The van der Waals surface area contributed by atoms with Crippen molar-refractivity contribution in [2.24, 2.45) is 0 Å². The first-order valence-electron chi connectivity index (χ1n) is 2.71. The first kappa shape index (κ1) is 10.1. The van der Waals surface area contributed by atoms with Crippen molar-refractivity contribution in [1.29, 1.82) is 0 Å². The molecule has 0 heteroatoms. The summed E-state index contributed by atoms with van der Waals surface area (Å²) in [4.78, 5) is 0. The van der Waals surface area contributed by atoms with Crippen molar-refractivity contribution in [1.82, 2.24) is 0 Å². The van der Waals surface area contributed by atoms with Gasteiger partial charge in [0.2, 0.25) is 0 Å². The summed E-state index contributed by atoms with van der Waals surface area (Å²) in [6.45, 7) is 11.8. The summed E-state index contributed by atoms with van der Waals surface area (Å²) in [6, 6.07) is 0. The molecule has 0 amide bonds. The highest BCUT2D eigenvalue weighted by Crippen LogP contribution is 1.85. The Bertz CT molecular complexity index is 11.2. The Morgan fingerprint density at radius 3 is 1.29 bits per heavy atom. The standard InChI is InChI=1S/C4H9.C3H7/c1-4(2)3;1-3-2/h1-3H3;1,3H2,2H3. The van der Waals surface area contributed by atoms with Gasteiger partial charge in [-0.25, -0.2) is 0 Å². The van der Waals surface area contributed by atoms with Crippen molar-refractivity contribution < 1.29 is 0 Å². The van der Waals surface area contributed by atoms with Crippen molar-refractivity contribution in [3.8, 4) is 0 Å². The van der Waals surface area contributed by atoms with Crippen molar-refractivity contribution in [2.75, 3.05) is 0 Å². The zero-order chi connectivity index (χ0) is 6.28. The van der Waals surface area contributed by atoms with E-state index in [2.05, 4.69) is 27.7 Å². The quantitative estimate of drug-likeness (QED) is 0.439. The third kappa shape index (κ3) is 0. The molecule has 0 saturated carbocycles. The van der Waals surface area contributed by atoms with Crippen molar-refractivity contribution in [3.05, 3.63) is 12.8 Å². The van der Waals surface area contributed by atoms with E-state index in [-0.39, 0.29) is 0 Å². The van der Waals surface area contributed by atoms with Crippen LogP contribution in [0.2, 0.25) is 0 Å². The van der Waals surface area contributed by atoms with Gasteiger partial charge in [0, 0.05) is 0 Å². The zero-order valence-electron chi connectivity index (χ0n) is 5.91. The Kier molecular flexibility index (Phi) is 13.5. The fraction of sp³-hybridized carbons (Fsp3) is 0.714. The highest BCUT2D eigenvalue weighted by atomic mass is 13.7. The second-order valence-corrected chi connectivity index (χ2v) is 2.00. The van der Waals surface area contributed by atoms with Crippen LogP contribution < -0.4 is 0 Å². The lowest BCUT2D eigenvalue weighted by atomic mass is 10.3. The normalized spacial score (nSPS) is 7.71. The summed E-state index contributed by atoms with van der Waals surface area (Å²) in [7, 11) is 0. The second kappa shape index (κ2) is 9.38. The van der Waals surface area contributed by atoms with Gasteiger partial charge >= 0.3 is 0 Å². The third-order valence-corrected chi connectivity index (χ3v) is 0. The molecule has 0 unspecified atom stereocenters. The molecular weight excluding hydrogens is 84.1 g/mol. The molecule has 0 N–H and O–H groups in total. The zero-order valence-corrected chi connectivity index (χ0v) is 5.91. The molecule has 0 aromatic heterocycles. The van der Waals surface area contributed by atoms with Crippen LogP contribution in [-0.4, -0.2) is 0 Å². The van der Waals surface area contributed by atoms with Crippen LogP contribution in [0.1, 0.15) is 34.1 Å². The van der Waals surface area contributed by atoms with Gasteiger partial charge in [0.05, 0.1) is 0 Å². The van der Waals surface area contributed by atoms with E-state index in [1.807, 2.05) is 6.92 Å². The number of rotatable bonds is 0. The molecule has 44 valence electrons. The second-order valence-electron chi connectivity index (χ2n) is 2.00. The summed E-state index contributed by atoms with van der Waals surface area (Å²) >= 11 is 0. The van der Waals surface area contributed by atoms with Gasteiger partial charge in [-0.1, -0.05) is 41.0 Å². The molecule has 0 heterocycles. The Balaban J connectivity index is 0. The van der Waals surface area contributed by atoms with Crippen LogP contribution in [0.3, 0.4) is 0 Å². The smallest absolute Gasteiger partial charge is 0.0334 e. The van der Waals surface area contributed by atoms with Crippen LogP contribution in [-0.2, 0) is 0 Å². The van der Waals surface area contributed by atoms with Gasteiger partial charge in [-0.15, -0.1) is 0 Å². The van der Waals surface area contributed by atoms with Gasteiger partial charge in [-0.2, -0.15) is 0 Å². The highest BCUT2D eigenvalue weighted by molar-refractivity contribution is 4.64. The summed E-state index contributed by atoms with van der Waals surface area (Å²) in [5.74, 6) is 1.42. The lowest BCUT2D eigenvalue weighted by Gasteiger charge is -1.78. The molecule has 0 bridgehead atoms. The van der Waals surface area contributed by atoms with Gasteiger partial charge in [0.25, 0.3) is 0 Å². The number of hydrogen-bond donors (Lipinski definition) is 0. The van der Waals surface area contributed by atoms with Crippen molar-refractivity contribution in [3.63, 3.8) is 0 Å².